The average molecular weight is 323 g/mol. The number of hydrogen-bond donors (Lipinski definition) is 1. The van der Waals surface area contributed by atoms with Crippen molar-refractivity contribution in [1.82, 2.24) is 5.32 Å². The maximum Gasteiger partial charge on any atom is 0.307 e. The molecule has 1 aliphatic carbocycles. The van der Waals surface area contributed by atoms with Crippen LogP contribution in [0.1, 0.15) is 36.3 Å². The van der Waals surface area contributed by atoms with E-state index in [2.05, 4.69) is 5.32 Å². The van der Waals surface area contributed by atoms with Gasteiger partial charge in [0.2, 0.25) is 0 Å². The predicted octanol–water partition coefficient (Wildman–Crippen LogP) is 3.03. The third kappa shape index (κ3) is 4.69. The molecule has 2 aromatic rings. The van der Waals surface area contributed by atoms with Crippen LogP contribution in [0.25, 0.3) is 0 Å². The monoisotopic (exact) mass is 323 g/mol. The molecule has 4 heteroatoms. The maximum absolute atomic E-state index is 12.2. The number of carbonyl (C=O) groups is 2. The van der Waals surface area contributed by atoms with Crippen molar-refractivity contribution in [3.8, 4) is 0 Å². The Morgan fingerprint density at radius 3 is 2.00 bits per heavy atom. The van der Waals surface area contributed by atoms with Crippen molar-refractivity contribution in [3.05, 3.63) is 71.8 Å². The topological polar surface area (TPSA) is 55.4 Å². The largest absolute Gasteiger partial charge is 0.456 e. The van der Waals surface area contributed by atoms with Gasteiger partial charge < -0.3 is 10.1 Å². The van der Waals surface area contributed by atoms with E-state index < -0.39 is 0 Å². The Morgan fingerprint density at radius 1 is 0.958 bits per heavy atom. The summed E-state index contributed by atoms with van der Waals surface area (Å²) < 4.78 is 5.15. The lowest BCUT2D eigenvalue weighted by atomic mass is 9.89. The van der Waals surface area contributed by atoms with Gasteiger partial charge in [-0.2, -0.15) is 0 Å². The molecule has 1 fully saturated rings. The molecule has 0 heterocycles. The zero-order valence-electron chi connectivity index (χ0n) is 13.5. The molecule has 0 spiro atoms. The number of esters is 1. The second-order valence-corrected chi connectivity index (χ2v) is 6.08. The van der Waals surface area contributed by atoms with Gasteiger partial charge in [-0.3, -0.25) is 9.59 Å². The van der Waals surface area contributed by atoms with Crippen LogP contribution in [0.2, 0.25) is 0 Å². The van der Waals surface area contributed by atoms with Gasteiger partial charge >= 0.3 is 5.97 Å². The van der Waals surface area contributed by atoms with E-state index in [9.17, 15) is 9.59 Å². The van der Waals surface area contributed by atoms with E-state index >= 15 is 0 Å². The van der Waals surface area contributed by atoms with Gasteiger partial charge in [0.25, 0.3) is 5.91 Å². The molecular weight excluding hydrogens is 302 g/mol. The lowest BCUT2D eigenvalue weighted by Gasteiger charge is -2.17. The SMILES string of the molecule is O=C(COC(=O)CC(c1ccccc1)c1ccccc1)NC1CC1. The molecule has 0 radical (unpaired) electrons. The summed E-state index contributed by atoms with van der Waals surface area (Å²) in [4.78, 5) is 23.8. The van der Waals surface area contributed by atoms with Crippen molar-refractivity contribution < 1.29 is 14.3 Å². The zero-order chi connectivity index (χ0) is 16.8. The number of rotatable bonds is 7. The lowest BCUT2D eigenvalue weighted by molar-refractivity contribution is -0.148. The van der Waals surface area contributed by atoms with E-state index in [0.717, 1.165) is 24.0 Å². The van der Waals surface area contributed by atoms with E-state index in [0.29, 0.717) is 0 Å². The van der Waals surface area contributed by atoms with Gasteiger partial charge in [0.15, 0.2) is 6.61 Å². The van der Waals surface area contributed by atoms with E-state index in [1.807, 2.05) is 60.7 Å². The van der Waals surface area contributed by atoms with Crippen LogP contribution >= 0.6 is 0 Å². The Balaban J connectivity index is 1.63. The quantitative estimate of drug-likeness (QED) is 0.797. The van der Waals surface area contributed by atoms with Gasteiger partial charge in [0, 0.05) is 12.0 Å². The zero-order valence-corrected chi connectivity index (χ0v) is 13.5. The van der Waals surface area contributed by atoms with Gasteiger partial charge in [0.1, 0.15) is 0 Å². The van der Waals surface area contributed by atoms with Crippen LogP contribution < -0.4 is 5.32 Å². The Kier molecular flexibility index (Phi) is 5.26. The highest BCUT2D eigenvalue weighted by Crippen LogP contribution is 2.28. The normalized spacial score (nSPS) is 13.5. The van der Waals surface area contributed by atoms with Crippen LogP contribution in [-0.4, -0.2) is 24.5 Å². The fraction of sp³-hybridized carbons (Fsp3) is 0.300. The molecule has 3 rings (SSSR count). The smallest absolute Gasteiger partial charge is 0.307 e. The van der Waals surface area contributed by atoms with E-state index in [1.54, 1.807) is 0 Å². The van der Waals surface area contributed by atoms with Gasteiger partial charge in [-0.05, 0) is 24.0 Å². The van der Waals surface area contributed by atoms with Crippen molar-refractivity contribution in [2.75, 3.05) is 6.61 Å². The van der Waals surface area contributed by atoms with Crippen molar-refractivity contribution in [2.45, 2.75) is 31.2 Å². The van der Waals surface area contributed by atoms with Crippen LogP contribution in [0.15, 0.2) is 60.7 Å². The van der Waals surface area contributed by atoms with Gasteiger partial charge in [0.05, 0.1) is 6.42 Å². The predicted molar refractivity (Wildman–Crippen MR) is 91.5 cm³/mol. The minimum Gasteiger partial charge on any atom is -0.456 e. The molecule has 24 heavy (non-hydrogen) atoms. The minimum atomic E-state index is -0.362. The van der Waals surface area contributed by atoms with Gasteiger partial charge in [-0.15, -0.1) is 0 Å². The molecule has 1 N–H and O–H groups in total. The maximum atomic E-state index is 12.2. The summed E-state index contributed by atoms with van der Waals surface area (Å²) in [6, 6.07) is 20.0. The van der Waals surface area contributed by atoms with Crippen LogP contribution in [0, 0.1) is 0 Å². The summed E-state index contributed by atoms with van der Waals surface area (Å²) in [5.41, 5.74) is 2.12. The summed E-state index contributed by atoms with van der Waals surface area (Å²) in [7, 11) is 0. The average Bonchev–Trinajstić information content (AvgIpc) is 3.43. The van der Waals surface area contributed by atoms with E-state index in [4.69, 9.17) is 4.74 Å². The van der Waals surface area contributed by atoms with Crippen LogP contribution in [0.3, 0.4) is 0 Å². The summed E-state index contributed by atoms with van der Waals surface area (Å²) in [6.07, 6.45) is 2.25. The van der Waals surface area contributed by atoms with Crippen molar-refractivity contribution in [1.29, 1.82) is 0 Å². The fourth-order valence-electron chi connectivity index (χ4n) is 2.67. The van der Waals surface area contributed by atoms with Crippen LogP contribution in [0.5, 0.6) is 0 Å². The molecule has 0 bridgehead atoms. The molecule has 0 unspecified atom stereocenters. The first-order valence-corrected chi connectivity index (χ1v) is 8.27. The molecule has 0 atom stereocenters. The number of ether oxygens (including phenoxy) is 1. The minimum absolute atomic E-state index is 0.0774. The molecule has 0 aliphatic heterocycles. The number of hydrogen-bond acceptors (Lipinski definition) is 3. The van der Waals surface area contributed by atoms with Gasteiger partial charge in [-0.1, -0.05) is 60.7 Å². The van der Waals surface area contributed by atoms with Crippen molar-refractivity contribution >= 4 is 11.9 Å². The number of carbonyl (C=O) groups excluding carboxylic acids is 2. The lowest BCUT2D eigenvalue weighted by Crippen LogP contribution is -2.30. The standard InChI is InChI=1S/C20H21NO3/c22-19(21-17-11-12-17)14-24-20(23)13-18(15-7-3-1-4-8-15)16-9-5-2-6-10-16/h1-10,17-18H,11-14H2,(H,21,22). The molecule has 124 valence electrons. The Labute approximate surface area is 141 Å². The van der Waals surface area contributed by atoms with Crippen molar-refractivity contribution in [2.24, 2.45) is 0 Å². The first-order valence-electron chi connectivity index (χ1n) is 8.27. The van der Waals surface area contributed by atoms with E-state index in [-0.39, 0.29) is 36.9 Å². The molecular formula is C20H21NO3. The highest BCUT2D eigenvalue weighted by Gasteiger charge is 2.24. The summed E-state index contributed by atoms with van der Waals surface area (Å²) in [6.45, 7) is -0.203. The van der Waals surface area contributed by atoms with Crippen molar-refractivity contribution in [3.63, 3.8) is 0 Å². The second kappa shape index (κ2) is 7.77. The molecule has 0 aromatic heterocycles. The first-order chi connectivity index (χ1) is 11.7. The first kappa shape index (κ1) is 16.2. The molecule has 2 aromatic carbocycles. The number of benzene rings is 2. The summed E-state index contributed by atoms with van der Waals surface area (Å²) in [5.74, 6) is -0.660. The second-order valence-electron chi connectivity index (χ2n) is 6.08. The van der Waals surface area contributed by atoms with Gasteiger partial charge in [-0.25, -0.2) is 0 Å². The van der Waals surface area contributed by atoms with E-state index in [1.165, 1.54) is 0 Å². The third-order valence-electron chi connectivity index (χ3n) is 4.08. The number of nitrogens with one attached hydrogen (secondary N) is 1. The Hall–Kier alpha value is -2.62. The van der Waals surface area contributed by atoms with Crippen LogP contribution in [0.4, 0.5) is 0 Å². The number of amides is 1. The Morgan fingerprint density at radius 2 is 1.50 bits per heavy atom. The third-order valence-corrected chi connectivity index (χ3v) is 4.08. The fourth-order valence-corrected chi connectivity index (χ4v) is 2.67. The highest BCUT2D eigenvalue weighted by atomic mass is 16.5. The molecule has 1 aliphatic rings. The summed E-state index contributed by atoms with van der Waals surface area (Å²) in [5, 5.41) is 2.81. The molecule has 1 saturated carbocycles. The van der Waals surface area contributed by atoms with Crippen LogP contribution in [-0.2, 0) is 14.3 Å². The molecule has 0 saturated heterocycles. The molecule has 1 amide bonds. The Bertz CT molecular complexity index is 641. The molecule has 4 nitrogen and oxygen atoms in total. The highest BCUT2D eigenvalue weighted by molar-refractivity contribution is 5.81. The summed E-state index contributed by atoms with van der Waals surface area (Å²) >= 11 is 0.